The van der Waals surface area contributed by atoms with E-state index in [0.29, 0.717) is 35.1 Å². The Morgan fingerprint density at radius 3 is 1.61 bits per heavy atom. The molecule has 2 aliphatic rings. The number of nitrogens with one attached hydrogen (secondary N) is 2. The Morgan fingerprint density at radius 1 is 0.750 bits per heavy atom. The first-order valence-corrected chi connectivity index (χ1v) is 9.65. The van der Waals surface area contributed by atoms with E-state index in [-0.39, 0.29) is 5.78 Å². The predicted octanol–water partition coefficient (Wildman–Crippen LogP) is 1.68. The zero-order valence-corrected chi connectivity index (χ0v) is 15.6. The highest BCUT2D eigenvalue weighted by Gasteiger charge is 2.19. The maximum absolute atomic E-state index is 12.9. The molecule has 2 fully saturated rings. The Balaban J connectivity index is 1.44. The fourth-order valence-electron chi connectivity index (χ4n) is 3.35. The molecule has 0 saturated carbocycles. The lowest BCUT2D eigenvalue weighted by atomic mass is 10.1. The van der Waals surface area contributed by atoms with Crippen LogP contribution in [0.1, 0.15) is 41.9 Å². The summed E-state index contributed by atoms with van der Waals surface area (Å²) >= 11 is 0. The lowest BCUT2D eigenvalue weighted by Crippen LogP contribution is -2.28. The van der Waals surface area contributed by atoms with Gasteiger partial charge in [0.15, 0.2) is 0 Å². The van der Waals surface area contributed by atoms with E-state index in [4.69, 9.17) is 9.47 Å². The number of nitrogens with zero attached hydrogens (tertiary/aromatic N) is 4. The Hall–Kier alpha value is -2.65. The number of hydrogen-bond acceptors (Lipinski definition) is 9. The van der Waals surface area contributed by atoms with Gasteiger partial charge in [0.2, 0.25) is 5.78 Å². The molecular formula is C19H24N6O3. The number of carbonyl (C=O) groups is 1. The molecule has 0 bridgehead atoms. The molecule has 0 aliphatic carbocycles. The summed E-state index contributed by atoms with van der Waals surface area (Å²) in [6.07, 6.45) is 6.47. The average molecular weight is 384 g/mol. The SMILES string of the molecule is O=C(c1cc(NC2CCOCC2)ncn1)c1cc(NC2CCOCC2)ncn1. The van der Waals surface area contributed by atoms with E-state index in [1.165, 1.54) is 12.7 Å². The molecule has 0 unspecified atom stereocenters. The van der Waals surface area contributed by atoms with Crippen molar-refractivity contribution in [1.29, 1.82) is 0 Å². The number of rotatable bonds is 6. The molecule has 2 saturated heterocycles. The van der Waals surface area contributed by atoms with Gasteiger partial charge in [-0.3, -0.25) is 4.79 Å². The molecule has 2 N–H and O–H groups in total. The number of ketones is 1. The summed E-state index contributed by atoms with van der Waals surface area (Å²) in [6, 6.07) is 3.93. The predicted molar refractivity (Wildman–Crippen MR) is 102 cm³/mol. The van der Waals surface area contributed by atoms with Crippen LogP contribution in [0.4, 0.5) is 11.6 Å². The second kappa shape index (κ2) is 9.03. The molecule has 0 amide bonds. The van der Waals surface area contributed by atoms with Crippen LogP contribution in [0.15, 0.2) is 24.8 Å². The Bertz CT molecular complexity index is 740. The average Bonchev–Trinajstić information content (AvgIpc) is 2.75. The minimum Gasteiger partial charge on any atom is -0.381 e. The smallest absolute Gasteiger partial charge is 0.230 e. The Morgan fingerprint density at radius 2 is 1.18 bits per heavy atom. The molecule has 0 aromatic carbocycles. The van der Waals surface area contributed by atoms with Crippen LogP contribution in [0.25, 0.3) is 0 Å². The second-order valence-electron chi connectivity index (χ2n) is 6.97. The van der Waals surface area contributed by atoms with E-state index in [1.54, 1.807) is 12.1 Å². The van der Waals surface area contributed by atoms with Gasteiger partial charge in [0.05, 0.1) is 0 Å². The van der Waals surface area contributed by atoms with Gasteiger partial charge in [-0.1, -0.05) is 0 Å². The van der Waals surface area contributed by atoms with Gasteiger partial charge in [-0.25, -0.2) is 19.9 Å². The molecule has 0 radical (unpaired) electrons. The fourth-order valence-corrected chi connectivity index (χ4v) is 3.35. The highest BCUT2D eigenvalue weighted by atomic mass is 16.5. The van der Waals surface area contributed by atoms with Gasteiger partial charge in [-0.15, -0.1) is 0 Å². The molecule has 4 rings (SSSR count). The molecule has 0 atom stereocenters. The summed E-state index contributed by atoms with van der Waals surface area (Å²) in [5.41, 5.74) is 0.612. The Kier molecular flexibility index (Phi) is 6.03. The quantitative estimate of drug-likeness (QED) is 0.718. The van der Waals surface area contributed by atoms with Crippen molar-refractivity contribution in [1.82, 2.24) is 19.9 Å². The minimum absolute atomic E-state index is 0.255. The third kappa shape index (κ3) is 4.79. The molecule has 2 aliphatic heterocycles. The lowest BCUT2D eigenvalue weighted by Gasteiger charge is -2.23. The molecule has 0 spiro atoms. The standard InChI is InChI=1S/C19H24N6O3/c26-19(15-9-17(22-11-20-15)24-13-1-5-27-6-2-13)16-10-18(23-12-21-16)25-14-3-7-28-8-4-14/h9-14H,1-8H2,(H,20,22,24)(H,21,23,25). The fraction of sp³-hybridized carbons (Fsp3) is 0.526. The Labute approximate surface area is 163 Å². The van der Waals surface area contributed by atoms with Crippen molar-refractivity contribution in [3.8, 4) is 0 Å². The normalized spacial score (nSPS) is 18.6. The van der Waals surface area contributed by atoms with Crippen LogP contribution < -0.4 is 10.6 Å². The van der Waals surface area contributed by atoms with Crippen LogP contribution in [-0.2, 0) is 9.47 Å². The molecule has 9 heteroatoms. The van der Waals surface area contributed by atoms with E-state index in [1.807, 2.05) is 0 Å². The molecule has 2 aromatic heterocycles. The summed E-state index contributed by atoms with van der Waals surface area (Å²) in [5, 5.41) is 6.71. The van der Waals surface area contributed by atoms with Crippen molar-refractivity contribution < 1.29 is 14.3 Å². The zero-order valence-electron chi connectivity index (χ0n) is 15.6. The largest absolute Gasteiger partial charge is 0.381 e. The van der Waals surface area contributed by atoms with Crippen LogP contribution in [-0.4, -0.2) is 64.2 Å². The maximum atomic E-state index is 12.9. The minimum atomic E-state index is -0.255. The molecular weight excluding hydrogens is 360 g/mol. The van der Waals surface area contributed by atoms with Crippen LogP contribution in [0.5, 0.6) is 0 Å². The van der Waals surface area contributed by atoms with Crippen LogP contribution in [0.2, 0.25) is 0 Å². The van der Waals surface area contributed by atoms with E-state index in [9.17, 15) is 4.79 Å². The molecule has 2 aromatic rings. The molecule has 28 heavy (non-hydrogen) atoms. The second-order valence-corrected chi connectivity index (χ2v) is 6.97. The first kappa shape index (κ1) is 18.7. The summed E-state index contributed by atoms with van der Waals surface area (Å²) in [6.45, 7) is 2.94. The molecule has 4 heterocycles. The summed E-state index contributed by atoms with van der Waals surface area (Å²) in [4.78, 5) is 29.6. The van der Waals surface area contributed by atoms with Gasteiger partial charge in [0.25, 0.3) is 0 Å². The van der Waals surface area contributed by atoms with Crippen molar-refractivity contribution in [3.05, 3.63) is 36.2 Å². The van der Waals surface area contributed by atoms with Crippen molar-refractivity contribution >= 4 is 17.4 Å². The number of aromatic nitrogens is 4. The van der Waals surface area contributed by atoms with E-state index >= 15 is 0 Å². The van der Waals surface area contributed by atoms with E-state index in [2.05, 4.69) is 30.6 Å². The van der Waals surface area contributed by atoms with Crippen LogP contribution in [0.3, 0.4) is 0 Å². The third-order valence-electron chi connectivity index (χ3n) is 4.95. The number of carbonyl (C=O) groups excluding carboxylic acids is 1. The van der Waals surface area contributed by atoms with Gasteiger partial charge < -0.3 is 20.1 Å². The summed E-state index contributed by atoms with van der Waals surface area (Å²) in [5.74, 6) is 1.02. The number of hydrogen-bond donors (Lipinski definition) is 2. The van der Waals surface area contributed by atoms with Gasteiger partial charge in [0.1, 0.15) is 35.7 Å². The third-order valence-corrected chi connectivity index (χ3v) is 4.95. The summed E-state index contributed by atoms with van der Waals surface area (Å²) in [7, 11) is 0. The highest BCUT2D eigenvalue weighted by molar-refractivity contribution is 6.06. The zero-order chi connectivity index (χ0) is 19.2. The first-order chi connectivity index (χ1) is 13.8. The van der Waals surface area contributed by atoms with Crippen molar-refractivity contribution in [2.45, 2.75) is 37.8 Å². The first-order valence-electron chi connectivity index (χ1n) is 9.65. The van der Waals surface area contributed by atoms with Crippen LogP contribution in [0, 0.1) is 0 Å². The van der Waals surface area contributed by atoms with Crippen molar-refractivity contribution in [2.24, 2.45) is 0 Å². The number of ether oxygens (including phenoxy) is 2. The van der Waals surface area contributed by atoms with Gasteiger partial charge in [0, 0.05) is 50.6 Å². The van der Waals surface area contributed by atoms with Gasteiger partial charge in [-0.05, 0) is 25.7 Å². The van der Waals surface area contributed by atoms with Gasteiger partial charge >= 0.3 is 0 Å². The highest BCUT2D eigenvalue weighted by Crippen LogP contribution is 2.17. The topological polar surface area (TPSA) is 111 Å². The lowest BCUT2D eigenvalue weighted by molar-refractivity contribution is 0.0902. The van der Waals surface area contributed by atoms with Crippen LogP contribution >= 0.6 is 0 Å². The molecule has 148 valence electrons. The number of anilines is 2. The van der Waals surface area contributed by atoms with Crippen molar-refractivity contribution in [3.63, 3.8) is 0 Å². The summed E-state index contributed by atoms with van der Waals surface area (Å²) < 4.78 is 10.7. The monoisotopic (exact) mass is 384 g/mol. The van der Waals surface area contributed by atoms with Crippen molar-refractivity contribution in [2.75, 3.05) is 37.1 Å². The molecule has 9 nitrogen and oxygen atoms in total. The van der Waals surface area contributed by atoms with E-state index in [0.717, 1.165) is 52.1 Å². The van der Waals surface area contributed by atoms with Gasteiger partial charge in [-0.2, -0.15) is 0 Å². The maximum Gasteiger partial charge on any atom is 0.230 e. The van der Waals surface area contributed by atoms with E-state index < -0.39 is 0 Å².